The van der Waals surface area contributed by atoms with E-state index in [2.05, 4.69) is 21.2 Å². The van der Waals surface area contributed by atoms with Crippen molar-refractivity contribution in [1.29, 1.82) is 0 Å². The van der Waals surface area contributed by atoms with Crippen LogP contribution in [0.5, 0.6) is 0 Å². The summed E-state index contributed by atoms with van der Waals surface area (Å²) in [5.74, 6) is -0.117. The number of carbonyl (C=O) groups is 2. The monoisotopic (exact) mass is 386 g/mol. The second-order valence-corrected chi connectivity index (χ2v) is 7.07. The summed E-state index contributed by atoms with van der Waals surface area (Å²) < 4.78 is 0.856. The first-order valence-corrected chi connectivity index (χ1v) is 8.67. The third-order valence-corrected chi connectivity index (χ3v) is 4.84. The summed E-state index contributed by atoms with van der Waals surface area (Å²) in [6.45, 7) is 4.58. The quantitative estimate of drug-likeness (QED) is 0.875. The molecular weight excluding hydrogens is 368 g/mol. The molecule has 1 atom stereocenters. The smallest absolute Gasteiger partial charge is 0.251 e. The van der Waals surface area contributed by atoms with Crippen molar-refractivity contribution in [3.8, 4) is 0 Å². The summed E-state index contributed by atoms with van der Waals surface area (Å²) in [5, 5.41) is 2.96. The molecule has 1 saturated heterocycles. The van der Waals surface area contributed by atoms with Crippen molar-refractivity contribution < 1.29 is 9.59 Å². The zero-order chi connectivity index (χ0) is 17.3. The number of aryl methyl sites for hydroxylation is 2. The molecule has 0 spiro atoms. The van der Waals surface area contributed by atoms with Crippen LogP contribution in [0, 0.1) is 13.8 Å². The molecule has 0 bridgehead atoms. The Bertz CT molecular complexity index is 804. The van der Waals surface area contributed by atoms with Gasteiger partial charge in [-0.3, -0.25) is 9.59 Å². The number of carbonyl (C=O) groups excluding carboxylic acids is 2. The van der Waals surface area contributed by atoms with Crippen molar-refractivity contribution in [2.75, 3.05) is 11.4 Å². The molecular formula is C19H19BrN2O2. The van der Waals surface area contributed by atoms with Crippen molar-refractivity contribution >= 4 is 33.4 Å². The van der Waals surface area contributed by atoms with Gasteiger partial charge in [-0.2, -0.15) is 0 Å². The number of anilines is 1. The molecule has 1 fully saturated rings. The van der Waals surface area contributed by atoms with Gasteiger partial charge in [0.2, 0.25) is 5.91 Å². The SMILES string of the molecule is Cc1ccc(N2CC(NC(=O)c3cccc(Br)c3)CC2=O)cc1C. The normalized spacial score (nSPS) is 17.2. The number of amides is 2. The van der Waals surface area contributed by atoms with Crippen LogP contribution in [-0.2, 0) is 4.79 Å². The van der Waals surface area contributed by atoms with E-state index < -0.39 is 0 Å². The maximum atomic E-state index is 12.3. The van der Waals surface area contributed by atoms with Gasteiger partial charge in [0.05, 0.1) is 6.04 Å². The van der Waals surface area contributed by atoms with Crippen LogP contribution in [0.3, 0.4) is 0 Å². The Balaban J connectivity index is 1.70. The average Bonchev–Trinajstić information content (AvgIpc) is 2.90. The molecule has 1 heterocycles. The molecule has 2 aromatic carbocycles. The zero-order valence-electron chi connectivity index (χ0n) is 13.7. The van der Waals surface area contributed by atoms with Crippen molar-refractivity contribution in [3.05, 3.63) is 63.6 Å². The van der Waals surface area contributed by atoms with E-state index in [9.17, 15) is 9.59 Å². The Kier molecular flexibility index (Phi) is 4.71. The molecule has 5 heteroatoms. The molecule has 4 nitrogen and oxygen atoms in total. The predicted molar refractivity (Wildman–Crippen MR) is 98.3 cm³/mol. The third kappa shape index (κ3) is 3.51. The Morgan fingerprint density at radius 2 is 1.96 bits per heavy atom. The summed E-state index contributed by atoms with van der Waals surface area (Å²) >= 11 is 3.36. The lowest BCUT2D eigenvalue weighted by Gasteiger charge is -2.18. The fourth-order valence-electron chi connectivity index (χ4n) is 2.85. The fourth-order valence-corrected chi connectivity index (χ4v) is 3.24. The highest BCUT2D eigenvalue weighted by Gasteiger charge is 2.31. The van der Waals surface area contributed by atoms with Crippen molar-refractivity contribution in [3.63, 3.8) is 0 Å². The lowest BCUT2D eigenvalue weighted by molar-refractivity contribution is -0.117. The van der Waals surface area contributed by atoms with Gasteiger partial charge >= 0.3 is 0 Å². The van der Waals surface area contributed by atoms with Gasteiger partial charge in [-0.1, -0.05) is 28.1 Å². The van der Waals surface area contributed by atoms with Crippen LogP contribution in [0.1, 0.15) is 27.9 Å². The van der Waals surface area contributed by atoms with Gasteiger partial charge in [-0.15, -0.1) is 0 Å². The summed E-state index contributed by atoms with van der Waals surface area (Å²) in [7, 11) is 0. The number of nitrogens with one attached hydrogen (secondary N) is 1. The molecule has 2 amide bonds. The number of benzene rings is 2. The maximum absolute atomic E-state index is 12.3. The summed E-state index contributed by atoms with van der Waals surface area (Å²) in [6.07, 6.45) is 0.326. The Labute approximate surface area is 150 Å². The lowest BCUT2D eigenvalue weighted by Crippen LogP contribution is -2.37. The highest BCUT2D eigenvalue weighted by atomic mass is 79.9. The Hall–Kier alpha value is -2.14. The van der Waals surface area contributed by atoms with Gasteiger partial charge in [0, 0.05) is 28.7 Å². The number of hydrogen-bond donors (Lipinski definition) is 1. The molecule has 2 aromatic rings. The van der Waals surface area contributed by atoms with Crippen LogP contribution >= 0.6 is 15.9 Å². The van der Waals surface area contributed by atoms with Gasteiger partial charge in [0.25, 0.3) is 5.91 Å². The van der Waals surface area contributed by atoms with Crippen LogP contribution in [0.15, 0.2) is 46.9 Å². The highest BCUT2D eigenvalue weighted by molar-refractivity contribution is 9.10. The average molecular weight is 387 g/mol. The first kappa shape index (κ1) is 16.7. The fraction of sp³-hybridized carbons (Fsp3) is 0.263. The van der Waals surface area contributed by atoms with E-state index >= 15 is 0 Å². The lowest BCUT2D eigenvalue weighted by atomic mass is 10.1. The van der Waals surface area contributed by atoms with Crippen LogP contribution in [0.4, 0.5) is 5.69 Å². The summed E-state index contributed by atoms with van der Waals surface area (Å²) in [4.78, 5) is 26.4. The zero-order valence-corrected chi connectivity index (χ0v) is 15.3. The van der Waals surface area contributed by atoms with Gasteiger partial charge in [0.1, 0.15) is 0 Å². The number of hydrogen-bond acceptors (Lipinski definition) is 2. The van der Waals surface area contributed by atoms with Crippen LogP contribution in [0.25, 0.3) is 0 Å². The first-order chi connectivity index (χ1) is 11.4. The molecule has 1 unspecified atom stereocenters. The second-order valence-electron chi connectivity index (χ2n) is 6.16. The van der Waals surface area contributed by atoms with Crippen molar-refractivity contribution in [2.45, 2.75) is 26.3 Å². The van der Waals surface area contributed by atoms with E-state index in [-0.39, 0.29) is 17.9 Å². The Morgan fingerprint density at radius 1 is 1.17 bits per heavy atom. The van der Waals surface area contributed by atoms with E-state index in [0.717, 1.165) is 15.7 Å². The largest absolute Gasteiger partial charge is 0.347 e. The van der Waals surface area contributed by atoms with Crippen LogP contribution in [0.2, 0.25) is 0 Å². The maximum Gasteiger partial charge on any atom is 0.251 e. The summed E-state index contributed by atoms with van der Waals surface area (Å²) in [6, 6.07) is 13.0. The number of halogens is 1. The Morgan fingerprint density at radius 3 is 2.67 bits per heavy atom. The minimum Gasteiger partial charge on any atom is -0.347 e. The standard InChI is InChI=1S/C19H19BrN2O2/c1-12-6-7-17(8-13(12)2)22-11-16(10-18(22)23)21-19(24)14-4-3-5-15(20)9-14/h3-9,16H,10-11H2,1-2H3,(H,21,24). The minimum absolute atomic E-state index is 0.0396. The van der Waals surface area contributed by atoms with Gasteiger partial charge in [-0.25, -0.2) is 0 Å². The molecule has 1 aliphatic rings. The van der Waals surface area contributed by atoms with Crippen molar-refractivity contribution in [2.24, 2.45) is 0 Å². The van der Waals surface area contributed by atoms with E-state index in [0.29, 0.717) is 18.5 Å². The molecule has 0 saturated carbocycles. The molecule has 0 aliphatic carbocycles. The molecule has 0 radical (unpaired) electrons. The van der Waals surface area contributed by atoms with E-state index in [4.69, 9.17) is 0 Å². The van der Waals surface area contributed by atoms with Gasteiger partial charge in [-0.05, 0) is 55.3 Å². The molecule has 0 aromatic heterocycles. The molecule has 1 N–H and O–H groups in total. The number of nitrogens with zero attached hydrogens (tertiary/aromatic N) is 1. The van der Waals surface area contributed by atoms with E-state index in [1.54, 1.807) is 17.0 Å². The van der Waals surface area contributed by atoms with Crippen LogP contribution < -0.4 is 10.2 Å². The van der Waals surface area contributed by atoms with Gasteiger partial charge in [0.15, 0.2) is 0 Å². The molecule has 1 aliphatic heterocycles. The molecule has 24 heavy (non-hydrogen) atoms. The first-order valence-electron chi connectivity index (χ1n) is 7.88. The second kappa shape index (κ2) is 6.77. The van der Waals surface area contributed by atoms with Gasteiger partial charge < -0.3 is 10.2 Å². The third-order valence-electron chi connectivity index (χ3n) is 4.35. The predicted octanol–water partition coefficient (Wildman–Crippen LogP) is 3.60. The van der Waals surface area contributed by atoms with Crippen LogP contribution in [-0.4, -0.2) is 24.4 Å². The molecule has 3 rings (SSSR count). The van der Waals surface area contributed by atoms with E-state index in [1.165, 1.54) is 5.56 Å². The molecule has 124 valence electrons. The van der Waals surface area contributed by atoms with E-state index in [1.807, 2.05) is 44.2 Å². The minimum atomic E-state index is -0.175. The summed E-state index contributed by atoms with van der Waals surface area (Å²) in [5.41, 5.74) is 3.83. The number of rotatable bonds is 3. The topological polar surface area (TPSA) is 49.4 Å². The highest BCUT2D eigenvalue weighted by Crippen LogP contribution is 2.24. The van der Waals surface area contributed by atoms with Crippen molar-refractivity contribution in [1.82, 2.24) is 5.32 Å².